The predicted molar refractivity (Wildman–Crippen MR) is 94.0 cm³/mol. The van der Waals surface area contributed by atoms with E-state index in [-0.39, 0.29) is 6.10 Å². The Morgan fingerprint density at radius 2 is 2.21 bits per heavy atom. The van der Waals surface area contributed by atoms with Gasteiger partial charge in [0.05, 0.1) is 18.9 Å². The molecule has 1 aliphatic heterocycles. The first-order valence-electron chi connectivity index (χ1n) is 8.87. The largest absolute Gasteiger partial charge is 0.494 e. The van der Waals surface area contributed by atoms with E-state index in [1.165, 1.54) is 11.1 Å². The summed E-state index contributed by atoms with van der Waals surface area (Å²) >= 11 is 0. The van der Waals surface area contributed by atoms with Gasteiger partial charge in [0.2, 0.25) is 0 Å². The van der Waals surface area contributed by atoms with Gasteiger partial charge in [0.25, 0.3) is 0 Å². The Bertz CT molecular complexity index is 641. The molecule has 5 nitrogen and oxygen atoms in total. The third-order valence-electron chi connectivity index (χ3n) is 4.51. The molecule has 130 valence electrons. The summed E-state index contributed by atoms with van der Waals surface area (Å²) in [7, 11) is 0. The Kier molecular flexibility index (Phi) is 5.88. The van der Waals surface area contributed by atoms with E-state index in [4.69, 9.17) is 9.47 Å². The second-order valence-corrected chi connectivity index (χ2v) is 6.14. The maximum Gasteiger partial charge on any atom is 0.123 e. The van der Waals surface area contributed by atoms with Crippen molar-refractivity contribution in [2.24, 2.45) is 5.92 Å². The van der Waals surface area contributed by atoms with Crippen molar-refractivity contribution in [2.45, 2.75) is 39.5 Å². The van der Waals surface area contributed by atoms with Crippen LogP contribution in [0.3, 0.4) is 0 Å². The highest BCUT2D eigenvalue weighted by molar-refractivity contribution is 5.33. The number of rotatable bonds is 8. The van der Waals surface area contributed by atoms with Gasteiger partial charge in [-0.2, -0.15) is 5.10 Å². The summed E-state index contributed by atoms with van der Waals surface area (Å²) in [5.74, 6) is 1.45. The van der Waals surface area contributed by atoms with Crippen LogP contribution in [0.25, 0.3) is 0 Å². The van der Waals surface area contributed by atoms with Crippen LogP contribution in [0.1, 0.15) is 37.5 Å². The maximum absolute atomic E-state index is 5.96. The van der Waals surface area contributed by atoms with Crippen molar-refractivity contribution >= 4 is 0 Å². The fraction of sp³-hybridized carbons (Fsp3) is 0.526. The number of nitrogens with zero attached hydrogens (tertiary/aromatic N) is 2. The van der Waals surface area contributed by atoms with E-state index in [9.17, 15) is 0 Å². The lowest BCUT2D eigenvalue weighted by Gasteiger charge is -2.18. The van der Waals surface area contributed by atoms with Gasteiger partial charge in [-0.3, -0.25) is 4.68 Å². The Morgan fingerprint density at radius 1 is 1.33 bits per heavy atom. The van der Waals surface area contributed by atoms with Crippen LogP contribution < -0.4 is 10.1 Å². The summed E-state index contributed by atoms with van der Waals surface area (Å²) in [6.07, 6.45) is 5.28. The molecule has 1 aromatic carbocycles. The van der Waals surface area contributed by atoms with Gasteiger partial charge in [-0.25, -0.2) is 0 Å². The predicted octanol–water partition coefficient (Wildman–Crippen LogP) is 3.17. The molecule has 1 N–H and O–H groups in total. The number of para-hydroxylation sites is 1. The van der Waals surface area contributed by atoms with Crippen molar-refractivity contribution in [3.8, 4) is 5.75 Å². The normalized spacial score (nSPS) is 20.4. The van der Waals surface area contributed by atoms with Crippen LogP contribution >= 0.6 is 0 Å². The maximum atomic E-state index is 5.96. The lowest BCUT2D eigenvalue weighted by Crippen LogP contribution is -2.24. The van der Waals surface area contributed by atoms with Gasteiger partial charge in [0, 0.05) is 49.5 Å². The summed E-state index contributed by atoms with van der Waals surface area (Å²) in [5, 5.41) is 7.95. The molecule has 0 amide bonds. The standard InChI is InChI=1S/C19H27N3O2/c1-3-22-14-17(13-21-22)19-16(9-10-24-19)12-20-11-15-7-5-6-8-18(15)23-4-2/h5-8,13-14,16,19-20H,3-4,9-12H2,1-2H3/t16-,19-/m0/s1. The summed E-state index contributed by atoms with van der Waals surface area (Å²) in [4.78, 5) is 0. The topological polar surface area (TPSA) is 48.3 Å². The molecular weight excluding hydrogens is 302 g/mol. The van der Waals surface area contributed by atoms with Gasteiger partial charge in [-0.05, 0) is 26.3 Å². The molecule has 24 heavy (non-hydrogen) atoms. The van der Waals surface area contributed by atoms with E-state index >= 15 is 0 Å². The summed E-state index contributed by atoms with van der Waals surface area (Å²) < 4.78 is 13.6. The zero-order valence-electron chi connectivity index (χ0n) is 14.6. The molecule has 1 saturated heterocycles. The van der Waals surface area contributed by atoms with Gasteiger partial charge in [-0.15, -0.1) is 0 Å². The molecule has 5 heteroatoms. The Morgan fingerprint density at radius 3 is 3.00 bits per heavy atom. The molecule has 1 fully saturated rings. The molecule has 1 aromatic heterocycles. The Hall–Kier alpha value is -1.85. The van der Waals surface area contributed by atoms with Crippen LogP contribution in [-0.2, 0) is 17.8 Å². The van der Waals surface area contributed by atoms with Gasteiger partial charge in [0.15, 0.2) is 0 Å². The number of nitrogens with one attached hydrogen (secondary N) is 1. The molecule has 2 aromatic rings. The number of hydrogen-bond acceptors (Lipinski definition) is 4. The van der Waals surface area contributed by atoms with Crippen LogP contribution in [0.5, 0.6) is 5.75 Å². The minimum Gasteiger partial charge on any atom is -0.494 e. The molecule has 1 aliphatic rings. The lowest BCUT2D eigenvalue weighted by atomic mass is 9.97. The van der Waals surface area contributed by atoms with Crippen LogP contribution in [0.4, 0.5) is 0 Å². The summed E-state index contributed by atoms with van der Waals surface area (Å²) in [5.41, 5.74) is 2.39. The summed E-state index contributed by atoms with van der Waals surface area (Å²) in [6.45, 7) is 8.27. The van der Waals surface area contributed by atoms with Gasteiger partial charge in [-0.1, -0.05) is 18.2 Å². The Balaban J connectivity index is 1.56. The van der Waals surface area contributed by atoms with Crippen molar-refractivity contribution in [2.75, 3.05) is 19.8 Å². The lowest BCUT2D eigenvalue weighted by molar-refractivity contribution is 0.0903. The van der Waals surface area contributed by atoms with Gasteiger partial charge < -0.3 is 14.8 Å². The van der Waals surface area contributed by atoms with E-state index < -0.39 is 0 Å². The first-order chi connectivity index (χ1) is 11.8. The minimum atomic E-state index is 0.153. The van der Waals surface area contributed by atoms with Crippen molar-refractivity contribution in [3.63, 3.8) is 0 Å². The zero-order valence-corrected chi connectivity index (χ0v) is 14.6. The molecule has 0 aliphatic carbocycles. The summed E-state index contributed by atoms with van der Waals surface area (Å²) in [6, 6.07) is 8.22. The van der Waals surface area contributed by atoms with Crippen molar-refractivity contribution in [1.82, 2.24) is 15.1 Å². The highest BCUT2D eigenvalue weighted by Gasteiger charge is 2.30. The molecule has 3 rings (SSSR count). The number of benzene rings is 1. The third kappa shape index (κ3) is 3.97. The van der Waals surface area contributed by atoms with Crippen molar-refractivity contribution in [1.29, 1.82) is 0 Å². The Labute approximate surface area is 144 Å². The second kappa shape index (κ2) is 8.31. The number of hydrogen-bond donors (Lipinski definition) is 1. The molecule has 0 radical (unpaired) electrons. The fourth-order valence-corrected chi connectivity index (χ4v) is 3.25. The van der Waals surface area contributed by atoms with Crippen molar-refractivity contribution in [3.05, 3.63) is 47.8 Å². The number of aryl methyl sites for hydroxylation is 1. The number of aromatic nitrogens is 2. The zero-order chi connectivity index (χ0) is 16.8. The highest BCUT2D eigenvalue weighted by atomic mass is 16.5. The van der Waals surface area contributed by atoms with Crippen LogP contribution in [0.2, 0.25) is 0 Å². The fourth-order valence-electron chi connectivity index (χ4n) is 3.25. The van der Waals surface area contributed by atoms with Crippen molar-refractivity contribution < 1.29 is 9.47 Å². The first kappa shape index (κ1) is 17.0. The highest BCUT2D eigenvalue weighted by Crippen LogP contribution is 2.34. The van der Waals surface area contributed by atoms with Gasteiger partial charge >= 0.3 is 0 Å². The molecule has 0 spiro atoms. The molecule has 0 saturated carbocycles. The average Bonchev–Trinajstić information content (AvgIpc) is 3.25. The molecule has 0 bridgehead atoms. The SMILES string of the molecule is CCOc1ccccc1CNC[C@@H]1CCO[C@@H]1c1cnn(CC)c1. The van der Waals surface area contributed by atoms with E-state index in [1.54, 1.807) is 0 Å². The van der Waals surface area contributed by atoms with E-state index in [0.717, 1.165) is 38.4 Å². The average molecular weight is 329 g/mol. The molecule has 0 unspecified atom stereocenters. The molecular formula is C19H27N3O2. The number of ether oxygens (including phenoxy) is 2. The van der Waals surface area contributed by atoms with Crippen LogP contribution in [-0.4, -0.2) is 29.5 Å². The van der Waals surface area contributed by atoms with Crippen LogP contribution in [0.15, 0.2) is 36.7 Å². The smallest absolute Gasteiger partial charge is 0.123 e. The third-order valence-corrected chi connectivity index (χ3v) is 4.51. The van der Waals surface area contributed by atoms with E-state index in [2.05, 4.69) is 35.7 Å². The second-order valence-electron chi connectivity index (χ2n) is 6.14. The quantitative estimate of drug-likeness (QED) is 0.808. The van der Waals surface area contributed by atoms with E-state index in [0.29, 0.717) is 12.5 Å². The van der Waals surface area contributed by atoms with Gasteiger partial charge in [0.1, 0.15) is 5.75 Å². The first-order valence-corrected chi connectivity index (χ1v) is 8.87. The minimum absolute atomic E-state index is 0.153. The van der Waals surface area contributed by atoms with Crippen LogP contribution in [0, 0.1) is 5.92 Å². The molecule has 2 atom stereocenters. The van der Waals surface area contributed by atoms with E-state index in [1.807, 2.05) is 29.9 Å². The molecule has 2 heterocycles. The monoisotopic (exact) mass is 329 g/mol.